The highest BCUT2D eigenvalue weighted by Crippen LogP contribution is 2.28. The van der Waals surface area contributed by atoms with Gasteiger partial charge in [-0.15, -0.1) is 6.58 Å². The second kappa shape index (κ2) is 6.76. The lowest BCUT2D eigenvalue weighted by Gasteiger charge is -2.28. The molecule has 0 heterocycles. The minimum absolute atomic E-state index is 0.891. The average Bonchev–Trinajstić information content (AvgIpc) is 2.50. The van der Waals surface area contributed by atoms with Gasteiger partial charge in [-0.25, -0.2) is 0 Å². The van der Waals surface area contributed by atoms with Gasteiger partial charge in [0.05, 0.1) is 0 Å². The molecule has 0 aromatic heterocycles. The first-order chi connectivity index (χ1) is 9.74. The van der Waals surface area contributed by atoms with Gasteiger partial charge in [-0.3, -0.25) is 0 Å². The van der Waals surface area contributed by atoms with Crippen molar-refractivity contribution < 1.29 is 0 Å². The summed E-state index contributed by atoms with van der Waals surface area (Å²) >= 11 is 0. The SMILES string of the molecule is C=CCCN(C(=C)c1ccccc1)c1ccccc1C. The third-order valence-electron chi connectivity index (χ3n) is 3.40. The highest BCUT2D eigenvalue weighted by atomic mass is 15.1. The Hall–Kier alpha value is -2.28. The van der Waals surface area contributed by atoms with Crippen LogP contribution in [-0.4, -0.2) is 6.54 Å². The van der Waals surface area contributed by atoms with Gasteiger partial charge in [0, 0.05) is 17.9 Å². The van der Waals surface area contributed by atoms with Gasteiger partial charge in [0.25, 0.3) is 0 Å². The van der Waals surface area contributed by atoms with E-state index in [4.69, 9.17) is 0 Å². The van der Waals surface area contributed by atoms with Crippen LogP contribution in [0.1, 0.15) is 17.5 Å². The van der Waals surface area contributed by atoms with Crippen molar-refractivity contribution in [3.63, 3.8) is 0 Å². The Morgan fingerprint density at radius 2 is 1.70 bits per heavy atom. The van der Waals surface area contributed by atoms with E-state index in [0.29, 0.717) is 0 Å². The molecule has 2 rings (SSSR count). The monoisotopic (exact) mass is 263 g/mol. The minimum Gasteiger partial charge on any atom is -0.341 e. The van der Waals surface area contributed by atoms with E-state index in [1.807, 2.05) is 24.3 Å². The maximum Gasteiger partial charge on any atom is 0.0440 e. The molecule has 0 spiro atoms. The molecule has 0 unspecified atom stereocenters. The summed E-state index contributed by atoms with van der Waals surface area (Å²) in [4.78, 5) is 2.27. The maximum absolute atomic E-state index is 4.29. The van der Waals surface area contributed by atoms with Gasteiger partial charge in [0.1, 0.15) is 0 Å². The Labute approximate surface area is 121 Å². The van der Waals surface area contributed by atoms with Gasteiger partial charge in [0.2, 0.25) is 0 Å². The first-order valence-corrected chi connectivity index (χ1v) is 6.92. The molecule has 0 radical (unpaired) electrons. The lowest BCUT2D eigenvalue weighted by Crippen LogP contribution is -2.22. The number of anilines is 1. The number of hydrogen-bond donors (Lipinski definition) is 0. The van der Waals surface area contributed by atoms with Crippen molar-refractivity contribution in [1.29, 1.82) is 0 Å². The summed E-state index contributed by atoms with van der Waals surface area (Å²) in [7, 11) is 0. The largest absolute Gasteiger partial charge is 0.341 e. The standard InChI is InChI=1S/C19H21N/c1-4-5-15-20(19-14-10-9-11-16(19)2)17(3)18-12-7-6-8-13-18/h4,6-14H,1,3,5,15H2,2H3. The summed E-state index contributed by atoms with van der Waals surface area (Å²) in [6.45, 7) is 11.1. The molecule has 0 aliphatic heterocycles. The van der Waals surface area contributed by atoms with Crippen LogP contribution in [0, 0.1) is 6.92 Å². The fraction of sp³-hybridized carbons (Fsp3) is 0.158. The van der Waals surface area contributed by atoms with Crippen molar-refractivity contribution in [2.75, 3.05) is 11.4 Å². The molecule has 102 valence electrons. The Morgan fingerprint density at radius 3 is 2.35 bits per heavy atom. The third kappa shape index (κ3) is 3.18. The lowest BCUT2D eigenvalue weighted by molar-refractivity contribution is 0.945. The van der Waals surface area contributed by atoms with Crippen LogP contribution in [0.5, 0.6) is 0 Å². The summed E-state index contributed by atoms with van der Waals surface area (Å²) in [6, 6.07) is 18.7. The Kier molecular flexibility index (Phi) is 4.78. The molecule has 0 N–H and O–H groups in total. The van der Waals surface area contributed by atoms with Gasteiger partial charge in [-0.1, -0.05) is 61.2 Å². The predicted molar refractivity (Wildman–Crippen MR) is 88.8 cm³/mol. The van der Waals surface area contributed by atoms with Crippen LogP contribution in [0.3, 0.4) is 0 Å². The van der Waals surface area contributed by atoms with Crippen molar-refractivity contribution >= 4 is 11.4 Å². The molecule has 1 nitrogen and oxygen atoms in total. The quantitative estimate of drug-likeness (QED) is 0.659. The fourth-order valence-electron chi connectivity index (χ4n) is 2.27. The van der Waals surface area contributed by atoms with Crippen molar-refractivity contribution in [3.8, 4) is 0 Å². The van der Waals surface area contributed by atoms with Crippen molar-refractivity contribution in [3.05, 3.63) is 85.0 Å². The summed E-state index contributed by atoms with van der Waals surface area (Å²) in [5.74, 6) is 0. The van der Waals surface area contributed by atoms with Crippen LogP contribution in [0.2, 0.25) is 0 Å². The molecule has 0 bridgehead atoms. The van der Waals surface area contributed by atoms with E-state index >= 15 is 0 Å². The van der Waals surface area contributed by atoms with Crippen LogP contribution in [0.15, 0.2) is 73.8 Å². The Bertz CT molecular complexity index is 584. The van der Waals surface area contributed by atoms with Gasteiger partial charge in [-0.2, -0.15) is 0 Å². The minimum atomic E-state index is 0.891. The Balaban J connectivity index is 2.35. The molecule has 1 heteroatoms. The van der Waals surface area contributed by atoms with E-state index in [0.717, 1.165) is 24.2 Å². The van der Waals surface area contributed by atoms with Crippen LogP contribution in [-0.2, 0) is 0 Å². The van der Waals surface area contributed by atoms with Crippen molar-refractivity contribution in [2.45, 2.75) is 13.3 Å². The molecular weight excluding hydrogens is 242 g/mol. The molecule has 0 atom stereocenters. The average molecular weight is 263 g/mol. The smallest absolute Gasteiger partial charge is 0.0440 e. The van der Waals surface area contributed by atoms with Gasteiger partial charge in [-0.05, 0) is 30.5 Å². The zero-order chi connectivity index (χ0) is 14.4. The van der Waals surface area contributed by atoms with Crippen LogP contribution < -0.4 is 4.90 Å². The molecule has 0 saturated carbocycles. The van der Waals surface area contributed by atoms with Gasteiger partial charge in [0.15, 0.2) is 0 Å². The summed E-state index contributed by atoms with van der Waals surface area (Å²) in [6.07, 6.45) is 2.88. The summed E-state index contributed by atoms with van der Waals surface area (Å²) < 4.78 is 0. The third-order valence-corrected chi connectivity index (χ3v) is 3.40. The van der Waals surface area contributed by atoms with Crippen LogP contribution in [0.25, 0.3) is 5.70 Å². The number of nitrogens with zero attached hydrogens (tertiary/aromatic N) is 1. The second-order valence-electron chi connectivity index (χ2n) is 4.83. The molecule has 20 heavy (non-hydrogen) atoms. The van der Waals surface area contributed by atoms with Crippen molar-refractivity contribution in [2.24, 2.45) is 0 Å². The van der Waals surface area contributed by atoms with Gasteiger partial charge >= 0.3 is 0 Å². The lowest BCUT2D eigenvalue weighted by atomic mass is 10.1. The fourth-order valence-corrected chi connectivity index (χ4v) is 2.27. The first kappa shape index (κ1) is 14.1. The molecule has 2 aromatic rings. The van der Waals surface area contributed by atoms with Crippen LogP contribution in [0.4, 0.5) is 5.69 Å². The number of para-hydroxylation sites is 1. The van der Waals surface area contributed by atoms with E-state index in [1.165, 1.54) is 11.3 Å². The normalized spacial score (nSPS) is 10.1. The zero-order valence-corrected chi connectivity index (χ0v) is 12.0. The zero-order valence-electron chi connectivity index (χ0n) is 12.0. The highest BCUT2D eigenvalue weighted by Gasteiger charge is 2.12. The highest BCUT2D eigenvalue weighted by molar-refractivity contribution is 5.79. The van der Waals surface area contributed by atoms with E-state index in [2.05, 4.69) is 61.4 Å². The van der Waals surface area contributed by atoms with Crippen molar-refractivity contribution in [1.82, 2.24) is 0 Å². The van der Waals surface area contributed by atoms with E-state index in [1.54, 1.807) is 0 Å². The topological polar surface area (TPSA) is 3.24 Å². The molecule has 2 aromatic carbocycles. The van der Waals surface area contributed by atoms with Gasteiger partial charge < -0.3 is 4.90 Å². The molecular formula is C19H21N. The summed E-state index contributed by atoms with van der Waals surface area (Å²) in [5, 5.41) is 0. The van der Waals surface area contributed by atoms with E-state index in [-0.39, 0.29) is 0 Å². The van der Waals surface area contributed by atoms with Crippen LogP contribution >= 0.6 is 0 Å². The molecule has 0 amide bonds. The first-order valence-electron chi connectivity index (χ1n) is 6.92. The molecule has 0 aliphatic rings. The molecule has 0 aliphatic carbocycles. The second-order valence-corrected chi connectivity index (χ2v) is 4.83. The number of hydrogen-bond acceptors (Lipinski definition) is 1. The number of benzene rings is 2. The van der Waals surface area contributed by atoms with E-state index in [9.17, 15) is 0 Å². The summed E-state index contributed by atoms with van der Waals surface area (Å²) in [5.41, 5.74) is 4.65. The van der Waals surface area contributed by atoms with E-state index < -0.39 is 0 Å². The molecule has 0 fully saturated rings. The Morgan fingerprint density at radius 1 is 1.05 bits per heavy atom. The number of rotatable bonds is 6. The number of aryl methyl sites for hydroxylation is 1. The predicted octanol–water partition coefficient (Wildman–Crippen LogP) is 5.05. The molecule has 0 saturated heterocycles. The maximum atomic E-state index is 4.29.